The highest BCUT2D eigenvalue weighted by Crippen LogP contribution is 2.38. The summed E-state index contributed by atoms with van der Waals surface area (Å²) >= 11 is 7.29. The number of hydrogen-bond acceptors (Lipinski definition) is 6. The van der Waals surface area contributed by atoms with E-state index in [2.05, 4.69) is 25.7 Å². The Hall–Kier alpha value is -2.91. The van der Waals surface area contributed by atoms with E-state index in [1.54, 1.807) is 24.3 Å². The van der Waals surface area contributed by atoms with Gasteiger partial charge in [0, 0.05) is 16.3 Å². The van der Waals surface area contributed by atoms with Gasteiger partial charge in [0.05, 0.1) is 22.8 Å². The van der Waals surface area contributed by atoms with E-state index in [-0.39, 0.29) is 18.2 Å². The van der Waals surface area contributed by atoms with Crippen LogP contribution in [0.1, 0.15) is 6.42 Å². The molecule has 0 spiro atoms. The van der Waals surface area contributed by atoms with Crippen molar-refractivity contribution in [3.63, 3.8) is 0 Å². The summed E-state index contributed by atoms with van der Waals surface area (Å²) in [7, 11) is 0. The van der Waals surface area contributed by atoms with Gasteiger partial charge in [-0.1, -0.05) is 11.6 Å². The van der Waals surface area contributed by atoms with E-state index in [0.717, 1.165) is 4.90 Å². The lowest BCUT2D eigenvalue weighted by molar-refractivity contribution is -0.120. The van der Waals surface area contributed by atoms with E-state index in [1.165, 1.54) is 35.3 Å². The van der Waals surface area contributed by atoms with Crippen molar-refractivity contribution in [3.05, 3.63) is 54.2 Å². The highest BCUT2D eigenvalue weighted by molar-refractivity contribution is 8.01. The lowest BCUT2D eigenvalue weighted by Crippen LogP contribution is -2.32. The van der Waals surface area contributed by atoms with E-state index >= 15 is 0 Å². The summed E-state index contributed by atoms with van der Waals surface area (Å²) in [5.41, 5.74) is 1.21. The van der Waals surface area contributed by atoms with Crippen LogP contribution < -0.4 is 10.6 Å². The lowest BCUT2D eigenvalue weighted by atomic mass is 10.2. The van der Waals surface area contributed by atoms with Crippen LogP contribution in [-0.4, -0.2) is 36.8 Å². The van der Waals surface area contributed by atoms with Crippen molar-refractivity contribution in [2.45, 2.75) is 16.6 Å². The minimum absolute atomic E-state index is 0.0450. The minimum Gasteiger partial charge on any atom is -0.325 e. The molecule has 0 saturated carbocycles. The Morgan fingerprint density at radius 1 is 1.33 bits per heavy atom. The smallest absolute Gasteiger partial charge is 0.238 e. The van der Waals surface area contributed by atoms with Crippen molar-refractivity contribution in [2.24, 2.45) is 0 Å². The minimum atomic E-state index is -0.513. The highest BCUT2D eigenvalue weighted by atomic mass is 35.5. The number of carbonyl (C=O) groups is 2. The molecule has 1 unspecified atom stereocenters. The van der Waals surface area contributed by atoms with Crippen molar-refractivity contribution in [1.82, 2.24) is 19.7 Å². The summed E-state index contributed by atoms with van der Waals surface area (Å²) in [5, 5.41) is 9.57. The second-order valence-electron chi connectivity index (χ2n) is 5.73. The molecule has 0 bridgehead atoms. The van der Waals surface area contributed by atoms with Crippen molar-refractivity contribution in [2.75, 3.05) is 10.6 Å². The second kappa shape index (κ2) is 7.37. The number of fused-ring (bicyclic) bond motifs is 1. The van der Waals surface area contributed by atoms with E-state index in [9.17, 15) is 9.59 Å². The average molecular weight is 401 g/mol. The molecular formula is C17H13ClN6O2S. The SMILES string of the molecule is O=C(CC1Sc2ccc(Cl)cc2NC1=O)Nc1ccc(-n2cncn2)nc1. The van der Waals surface area contributed by atoms with Crippen molar-refractivity contribution in [1.29, 1.82) is 0 Å². The first kappa shape index (κ1) is 17.5. The number of rotatable bonds is 4. The Bertz CT molecular complexity index is 993. The van der Waals surface area contributed by atoms with Crippen LogP contribution in [0.3, 0.4) is 0 Å². The quantitative estimate of drug-likeness (QED) is 0.698. The summed E-state index contributed by atoms with van der Waals surface area (Å²) in [6.07, 6.45) is 4.52. The summed E-state index contributed by atoms with van der Waals surface area (Å²) in [4.78, 5) is 33.5. The Balaban J connectivity index is 1.39. The number of carbonyl (C=O) groups excluding carboxylic acids is 2. The number of benzene rings is 1. The lowest BCUT2D eigenvalue weighted by Gasteiger charge is -2.23. The zero-order valence-corrected chi connectivity index (χ0v) is 15.4. The molecule has 136 valence electrons. The number of anilines is 2. The van der Waals surface area contributed by atoms with Crippen LogP contribution in [0.4, 0.5) is 11.4 Å². The molecule has 1 aliphatic heterocycles. The van der Waals surface area contributed by atoms with E-state index in [0.29, 0.717) is 22.2 Å². The van der Waals surface area contributed by atoms with Crippen LogP contribution in [-0.2, 0) is 9.59 Å². The van der Waals surface area contributed by atoms with Crippen molar-refractivity contribution >= 4 is 46.6 Å². The van der Waals surface area contributed by atoms with E-state index in [4.69, 9.17) is 11.6 Å². The summed E-state index contributed by atoms with van der Waals surface area (Å²) in [6.45, 7) is 0. The third kappa shape index (κ3) is 3.93. The van der Waals surface area contributed by atoms with E-state index in [1.807, 2.05) is 6.07 Å². The summed E-state index contributed by atoms with van der Waals surface area (Å²) in [6, 6.07) is 8.71. The third-order valence-electron chi connectivity index (χ3n) is 3.82. The van der Waals surface area contributed by atoms with Crippen LogP contribution in [0.2, 0.25) is 5.02 Å². The number of nitrogens with zero attached hydrogens (tertiary/aromatic N) is 4. The molecule has 1 aromatic carbocycles. The topological polar surface area (TPSA) is 102 Å². The molecule has 2 amide bonds. The van der Waals surface area contributed by atoms with Gasteiger partial charge in [-0.3, -0.25) is 9.59 Å². The molecule has 0 fully saturated rings. The monoisotopic (exact) mass is 400 g/mol. The largest absolute Gasteiger partial charge is 0.325 e. The van der Waals surface area contributed by atoms with Gasteiger partial charge in [0.1, 0.15) is 12.7 Å². The van der Waals surface area contributed by atoms with Crippen LogP contribution in [0.5, 0.6) is 0 Å². The standard InChI is InChI=1S/C17H13ClN6O2S/c18-10-1-3-13-12(5-10)23-17(26)14(27-13)6-16(25)22-11-2-4-15(20-7-11)24-9-19-8-21-24/h1-5,7-9,14H,6H2,(H,22,25)(H,23,26). The Labute approximate surface area is 163 Å². The van der Waals surface area contributed by atoms with Gasteiger partial charge in [0.15, 0.2) is 5.82 Å². The Kier molecular flexibility index (Phi) is 4.78. The average Bonchev–Trinajstić information content (AvgIpc) is 3.18. The second-order valence-corrected chi connectivity index (χ2v) is 7.41. The molecule has 27 heavy (non-hydrogen) atoms. The zero-order valence-electron chi connectivity index (χ0n) is 13.8. The van der Waals surface area contributed by atoms with Gasteiger partial charge in [0.2, 0.25) is 11.8 Å². The van der Waals surface area contributed by atoms with Crippen molar-refractivity contribution < 1.29 is 9.59 Å². The van der Waals surface area contributed by atoms with Crippen LogP contribution in [0.15, 0.2) is 54.1 Å². The van der Waals surface area contributed by atoms with Gasteiger partial charge in [-0.25, -0.2) is 14.6 Å². The molecule has 3 aromatic rings. The molecule has 1 aliphatic rings. The molecule has 8 nitrogen and oxygen atoms in total. The van der Waals surface area contributed by atoms with Gasteiger partial charge >= 0.3 is 0 Å². The number of thioether (sulfide) groups is 1. The maximum absolute atomic E-state index is 12.3. The molecule has 1 atom stereocenters. The number of hydrogen-bond donors (Lipinski definition) is 2. The number of aromatic nitrogens is 4. The predicted octanol–water partition coefficient (Wildman–Crippen LogP) is 2.76. The third-order valence-corrected chi connectivity index (χ3v) is 5.33. The first-order valence-corrected chi connectivity index (χ1v) is 9.22. The number of nitrogens with one attached hydrogen (secondary N) is 2. The van der Waals surface area contributed by atoms with Gasteiger partial charge in [0.25, 0.3) is 0 Å². The first-order valence-electron chi connectivity index (χ1n) is 7.96. The van der Waals surface area contributed by atoms with Gasteiger partial charge in [-0.2, -0.15) is 5.10 Å². The summed E-state index contributed by atoms with van der Waals surface area (Å²) < 4.78 is 1.51. The fraction of sp³-hybridized carbons (Fsp3) is 0.118. The fourth-order valence-electron chi connectivity index (χ4n) is 2.56. The summed E-state index contributed by atoms with van der Waals surface area (Å²) in [5.74, 6) is 0.0999. The normalized spacial score (nSPS) is 15.7. The molecule has 0 radical (unpaired) electrons. The van der Waals surface area contributed by atoms with Crippen LogP contribution in [0.25, 0.3) is 5.82 Å². The molecule has 2 N–H and O–H groups in total. The molecule has 10 heteroatoms. The van der Waals surface area contributed by atoms with Crippen LogP contribution in [0, 0.1) is 0 Å². The van der Waals surface area contributed by atoms with Gasteiger partial charge in [-0.05, 0) is 30.3 Å². The maximum atomic E-state index is 12.3. The van der Waals surface area contributed by atoms with E-state index < -0.39 is 5.25 Å². The molecular weight excluding hydrogens is 388 g/mol. The fourth-order valence-corrected chi connectivity index (χ4v) is 3.82. The first-order chi connectivity index (χ1) is 13.1. The van der Waals surface area contributed by atoms with Gasteiger partial charge < -0.3 is 10.6 Å². The maximum Gasteiger partial charge on any atom is 0.238 e. The number of pyridine rings is 1. The predicted molar refractivity (Wildman–Crippen MR) is 102 cm³/mol. The molecule has 2 aromatic heterocycles. The molecule has 4 rings (SSSR count). The molecule has 0 aliphatic carbocycles. The zero-order chi connectivity index (χ0) is 18.8. The van der Waals surface area contributed by atoms with Crippen molar-refractivity contribution in [3.8, 4) is 5.82 Å². The van der Waals surface area contributed by atoms with Crippen LogP contribution >= 0.6 is 23.4 Å². The molecule has 0 saturated heterocycles. The number of halogens is 1. The Morgan fingerprint density at radius 2 is 2.22 bits per heavy atom. The number of amides is 2. The Morgan fingerprint density at radius 3 is 2.96 bits per heavy atom. The molecule has 3 heterocycles. The van der Waals surface area contributed by atoms with Gasteiger partial charge in [-0.15, -0.1) is 11.8 Å². The highest BCUT2D eigenvalue weighted by Gasteiger charge is 2.29.